The molecule has 0 amide bonds. The second kappa shape index (κ2) is 7.19. The number of hydrogen-bond donors (Lipinski definition) is 0. The summed E-state index contributed by atoms with van der Waals surface area (Å²) in [6.07, 6.45) is 0. The molecule has 0 aliphatic carbocycles. The lowest BCUT2D eigenvalue weighted by molar-refractivity contribution is 0.0807. The Balaban J connectivity index is 1.87. The zero-order valence-corrected chi connectivity index (χ0v) is 13.8. The van der Waals surface area contributed by atoms with E-state index in [2.05, 4.69) is 49.6 Å². The number of nitrogens with zero attached hydrogens (tertiary/aromatic N) is 2. The molecule has 0 radical (unpaired) electrons. The van der Waals surface area contributed by atoms with Gasteiger partial charge < -0.3 is 0 Å². The largest absolute Gasteiger partial charge is 0.298 e. The molecule has 116 valence electrons. The fraction of sp³-hybridized carbons (Fsp3) is 0.611. The molecule has 0 N–H and O–H groups in total. The van der Waals surface area contributed by atoms with Gasteiger partial charge in [-0.25, -0.2) is 0 Å². The highest BCUT2D eigenvalue weighted by Gasteiger charge is 2.20. The number of piperazine rings is 1. The van der Waals surface area contributed by atoms with Gasteiger partial charge in [0, 0.05) is 37.8 Å². The Bertz CT molecular complexity index is 457. The molecule has 0 unspecified atom stereocenters. The van der Waals surface area contributed by atoms with Crippen molar-refractivity contribution < 1.29 is 4.79 Å². The van der Waals surface area contributed by atoms with Crippen molar-refractivity contribution in [1.82, 2.24) is 9.80 Å². The maximum Gasteiger partial charge on any atom is 0.176 e. The average Bonchev–Trinajstić information content (AvgIpc) is 2.47. The second-order valence-corrected chi connectivity index (χ2v) is 6.61. The van der Waals surface area contributed by atoms with E-state index in [0.717, 1.165) is 31.7 Å². The first-order valence-corrected chi connectivity index (χ1v) is 8.07. The third-order valence-electron chi connectivity index (χ3n) is 4.40. The monoisotopic (exact) mass is 288 g/mol. The van der Waals surface area contributed by atoms with Crippen molar-refractivity contribution in [3.05, 3.63) is 35.4 Å². The van der Waals surface area contributed by atoms with Crippen LogP contribution in [0.4, 0.5) is 0 Å². The number of Topliss-reactive ketones (excluding diaryl/α,β-unsaturated/α-hetero) is 1. The molecule has 1 fully saturated rings. The van der Waals surface area contributed by atoms with Gasteiger partial charge in [-0.1, -0.05) is 38.1 Å². The van der Waals surface area contributed by atoms with E-state index >= 15 is 0 Å². The summed E-state index contributed by atoms with van der Waals surface area (Å²) in [4.78, 5) is 17.1. The van der Waals surface area contributed by atoms with E-state index in [1.54, 1.807) is 0 Å². The SMILES string of the molecule is CC(C)c1ccc(C(=O)CN2CCN(C(C)C)CC2)cc1. The van der Waals surface area contributed by atoms with E-state index in [-0.39, 0.29) is 5.78 Å². The van der Waals surface area contributed by atoms with E-state index in [4.69, 9.17) is 0 Å². The van der Waals surface area contributed by atoms with Crippen LogP contribution in [0.2, 0.25) is 0 Å². The molecular formula is C18H28N2O. The molecule has 1 aromatic rings. The highest BCUT2D eigenvalue weighted by atomic mass is 16.1. The molecular weight excluding hydrogens is 260 g/mol. The van der Waals surface area contributed by atoms with Crippen LogP contribution in [0.1, 0.15) is 49.5 Å². The number of carbonyl (C=O) groups is 1. The number of ketones is 1. The van der Waals surface area contributed by atoms with Crippen molar-refractivity contribution >= 4 is 5.78 Å². The minimum atomic E-state index is 0.239. The third kappa shape index (κ3) is 4.39. The smallest absolute Gasteiger partial charge is 0.176 e. The summed E-state index contributed by atoms with van der Waals surface area (Å²) in [6, 6.07) is 8.71. The Morgan fingerprint density at radius 3 is 2.05 bits per heavy atom. The summed E-state index contributed by atoms with van der Waals surface area (Å²) in [7, 11) is 0. The van der Waals surface area contributed by atoms with Crippen LogP contribution in [-0.4, -0.2) is 54.3 Å². The first-order chi connectivity index (χ1) is 9.97. The molecule has 3 nitrogen and oxygen atoms in total. The Hall–Kier alpha value is -1.19. The van der Waals surface area contributed by atoms with Gasteiger partial charge in [0.05, 0.1) is 6.54 Å². The zero-order chi connectivity index (χ0) is 15.4. The molecule has 0 spiro atoms. The Kier molecular flexibility index (Phi) is 5.54. The van der Waals surface area contributed by atoms with Gasteiger partial charge in [-0.2, -0.15) is 0 Å². The molecule has 0 atom stereocenters. The molecule has 1 aromatic carbocycles. The molecule has 0 bridgehead atoms. The summed E-state index contributed by atoms with van der Waals surface area (Å²) in [5.74, 6) is 0.751. The van der Waals surface area contributed by atoms with E-state index in [1.165, 1.54) is 5.56 Å². The topological polar surface area (TPSA) is 23.6 Å². The summed E-state index contributed by atoms with van der Waals surface area (Å²) in [5, 5.41) is 0. The number of rotatable bonds is 5. The van der Waals surface area contributed by atoms with Crippen LogP contribution in [0, 0.1) is 0 Å². The number of hydrogen-bond acceptors (Lipinski definition) is 3. The minimum absolute atomic E-state index is 0.239. The number of carbonyl (C=O) groups excluding carboxylic acids is 1. The predicted molar refractivity (Wildman–Crippen MR) is 88.0 cm³/mol. The third-order valence-corrected chi connectivity index (χ3v) is 4.40. The fourth-order valence-electron chi connectivity index (χ4n) is 2.79. The molecule has 2 rings (SSSR count). The lowest BCUT2D eigenvalue weighted by Crippen LogP contribution is -2.50. The summed E-state index contributed by atoms with van der Waals surface area (Å²) >= 11 is 0. The van der Waals surface area contributed by atoms with Crippen molar-refractivity contribution in [3.63, 3.8) is 0 Å². The van der Waals surface area contributed by atoms with Gasteiger partial charge in [0.1, 0.15) is 0 Å². The maximum atomic E-state index is 12.4. The molecule has 1 aliphatic rings. The quantitative estimate of drug-likeness (QED) is 0.778. The summed E-state index contributed by atoms with van der Waals surface area (Å²) < 4.78 is 0. The van der Waals surface area contributed by atoms with Crippen molar-refractivity contribution in [1.29, 1.82) is 0 Å². The second-order valence-electron chi connectivity index (χ2n) is 6.61. The van der Waals surface area contributed by atoms with E-state index in [0.29, 0.717) is 18.5 Å². The molecule has 1 saturated heterocycles. The molecule has 3 heteroatoms. The van der Waals surface area contributed by atoms with Gasteiger partial charge in [0.15, 0.2) is 5.78 Å². The van der Waals surface area contributed by atoms with Crippen LogP contribution in [0.25, 0.3) is 0 Å². The van der Waals surface area contributed by atoms with Gasteiger partial charge >= 0.3 is 0 Å². The van der Waals surface area contributed by atoms with Crippen LogP contribution in [0.5, 0.6) is 0 Å². The number of benzene rings is 1. The van der Waals surface area contributed by atoms with E-state index < -0.39 is 0 Å². The highest BCUT2D eigenvalue weighted by molar-refractivity contribution is 5.97. The van der Waals surface area contributed by atoms with Gasteiger partial charge in [-0.05, 0) is 25.3 Å². The standard InChI is InChI=1S/C18H28N2O/c1-14(2)16-5-7-17(8-6-16)18(21)13-19-9-11-20(12-10-19)15(3)4/h5-8,14-15H,9-13H2,1-4H3. The Morgan fingerprint density at radius 2 is 1.57 bits per heavy atom. The Labute approximate surface area is 128 Å². The first kappa shape index (κ1) is 16.2. The lowest BCUT2D eigenvalue weighted by Gasteiger charge is -2.36. The van der Waals surface area contributed by atoms with Gasteiger partial charge in [0.2, 0.25) is 0 Å². The van der Waals surface area contributed by atoms with Crippen LogP contribution in [0.15, 0.2) is 24.3 Å². The maximum absolute atomic E-state index is 12.4. The minimum Gasteiger partial charge on any atom is -0.298 e. The first-order valence-electron chi connectivity index (χ1n) is 8.07. The molecule has 21 heavy (non-hydrogen) atoms. The lowest BCUT2D eigenvalue weighted by atomic mass is 10.0. The van der Waals surface area contributed by atoms with Crippen molar-refractivity contribution in [2.75, 3.05) is 32.7 Å². The van der Waals surface area contributed by atoms with Crippen LogP contribution in [-0.2, 0) is 0 Å². The molecule has 1 heterocycles. The van der Waals surface area contributed by atoms with Crippen molar-refractivity contribution in [2.24, 2.45) is 0 Å². The van der Waals surface area contributed by atoms with E-state index in [9.17, 15) is 4.79 Å². The van der Waals surface area contributed by atoms with Crippen LogP contribution < -0.4 is 0 Å². The summed E-state index contributed by atoms with van der Waals surface area (Å²) in [5.41, 5.74) is 2.13. The van der Waals surface area contributed by atoms with Crippen LogP contribution >= 0.6 is 0 Å². The normalized spacial score (nSPS) is 17.6. The molecule has 1 aliphatic heterocycles. The fourth-order valence-corrected chi connectivity index (χ4v) is 2.79. The Morgan fingerprint density at radius 1 is 1.00 bits per heavy atom. The highest BCUT2D eigenvalue weighted by Crippen LogP contribution is 2.15. The van der Waals surface area contributed by atoms with Gasteiger partial charge in [0.25, 0.3) is 0 Å². The van der Waals surface area contributed by atoms with Crippen molar-refractivity contribution in [3.8, 4) is 0 Å². The predicted octanol–water partition coefficient (Wildman–Crippen LogP) is 3.02. The summed E-state index contributed by atoms with van der Waals surface area (Å²) in [6.45, 7) is 13.5. The van der Waals surface area contributed by atoms with E-state index in [1.807, 2.05) is 12.1 Å². The van der Waals surface area contributed by atoms with Crippen molar-refractivity contribution in [2.45, 2.75) is 39.7 Å². The van der Waals surface area contributed by atoms with Gasteiger partial charge in [-0.15, -0.1) is 0 Å². The van der Waals surface area contributed by atoms with Gasteiger partial charge in [-0.3, -0.25) is 14.6 Å². The molecule has 0 aromatic heterocycles. The van der Waals surface area contributed by atoms with Crippen LogP contribution in [0.3, 0.4) is 0 Å². The average molecular weight is 288 g/mol. The molecule has 0 saturated carbocycles. The zero-order valence-electron chi connectivity index (χ0n) is 13.8.